The summed E-state index contributed by atoms with van der Waals surface area (Å²) < 4.78 is 0. The summed E-state index contributed by atoms with van der Waals surface area (Å²) in [6, 6.07) is 2.44. The van der Waals surface area contributed by atoms with Crippen molar-refractivity contribution in [1.82, 2.24) is 9.80 Å². The Hall–Kier alpha value is -0.0800. The van der Waals surface area contributed by atoms with Gasteiger partial charge in [-0.1, -0.05) is 13.8 Å². The van der Waals surface area contributed by atoms with E-state index in [-0.39, 0.29) is 0 Å². The molecule has 0 aromatic carbocycles. The van der Waals surface area contributed by atoms with Crippen LogP contribution in [0.1, 0.15) is 40.5 Å². The highest BCUT2D eigenvalue weighted by Gasteiger charge is 2.37. The first-order valence-corrected chi connectivity index (χ1v) is 6.14. The normalized spacial score (nSPS) is 33.0. The summed E-state index contributed by atoms with van der Waals surface area (Å²) in [5.74, 6) is 0. The summed E-state index contributed by atoms with van der Waals surface area (Å²) in [6.45, 7) is 11.2. The van der Waals surface area contributed by atoms with Crippen LogP contribution in [-0.2, 0) is 0 Å². The van der Waals surface area contributed by atoms with E-state index in [9.17, 15) is 0 Å². The molecule has 0 aromatic heterocycles. The van der Waals surface area contributed by atoms with Crippen molar-refractivity contribution in [3.8, 4) is 0 Å². The number of likely N-dealkylation sites (N-methyl/N-ethyl adjacent to an activating group) is 1. The van der Waals surface area contributed by atoms with Crippen LogP contribution in [0.2, 0.25) is 0 Å². The van der Waals surface area contributed by atoms with Crippen LogP contribution >= 0.6 is 0 Å². The summed E-state index contributed by atoms with van der Waals surface area (Å²) >= 11 is 0. The van der Waals surface area contributed by atoms with Crippen LogP contribution in [-0.4, -0.2) is 48.1 Å². The Morgan fingerprint density at radius 1 is 1.00 bits per heavy atom. The highest BCUT2D eigenvalue weighted by atomic mass is 15.3. The minimum absolute atomic E-state index is 0.738. The van der Waals surface area contributed by atoms with Crippen molar-refractivity contribution in [2.75, 3.05) is 20.1 Å². The lowest BCUT2D eigenvalue weighted by molar-refractivity contribution is 0.0682. The van der Waals surface area contributed by atoms with Gasteiger partial charge in [0, 0.05) is 31.2 Å². The standard InChI is InChI=1S/C10H20N2.C2H6/c1-8(2)12-6-9-4-5-10(7-12)11(9)3;1-2/h8-10H,4-7H2,1-3H3;1-2H3/t9-,10+;. The average molecular weight is 198 g/mol. The maximum Gasteiger partial charge on any atom is 0.0224 e. The Balaban J connectivity index is 0.000000461. The van der Waals surface area contributed by atoms with Gasteiger partial charge < -0.3 is 0 Å². The second-order valence-electron chi connectivity index (χ2n) is 4.60. The highest BCUT2D eigenvalue weighted by molar-refractivity contribution is 4.94. The van der Waals surface area contributed by atoms with Crippen molar-refractivity contribution >= 4 is 0 Å². The molecule has 0 radical (unpaired) electrons. The van der Waals surface area contributed by atoms with Crippen LogP contribution in [0.25, 0.3) is 0 Å². The van der Waals surface area contributed by atoms with E-state index in [1.807, 2.05) is 13.8 Å². The zero-order chi connectivity index (χ0) is 10.7. The third-order valence-electron chi connectivity index (χ3n) is 3.61. The Bertz CT molecular complexity index is 154. The average Bonchev–Trinajstić information content (AvgIpc) is 2.44. The van der Waals surface area contributed by atoms with Gasteiger partial charge in [-0.2, -0.15) is 0 Å². The minimum atomic E-state index is 0.738. The van der Waals surface area contributed by atoms with Crippen LogP contribution < -0.4 is 0 Å². The molecular weight excluding hydrogens is 172 g/mol. The van der Waals surface area contributed by atoms with Crippen LogP contribution in [0, 0.1) is 0 Å². The molecule has 14 heavy (non-hydrogen) atoms. The molecule has 0 aliphatic carbocycles. The summed E-state index contributed by atoms with van der Waals surface area (Å²) in [4.78, 5) is 5.21. The molecule has 0 amide bonds. The van der Waals surface area contributed by atoms with E-state index in [1.165, 1.54) is 25.9 Å². The lowest BCUT2D eigenvalue weighted by atomic mass is 10.1. The van der Waals surface area contributed by atoms with Gasteiger partial charge in [0.15, 0.2) is 0 Å². The molecule has 0 saturated carbocycles. The molecule has 2 heterocycles. The quantitative estimate of drug-likeness (QED) is 0.637. The summed E-state index contributed by atoms with van der Waals surface area (Å²) in [5.41, 5.74) is 0. The largest absolute Gasteiger partial charge is 0.298 e. The van der Waals surface area contributed by atoms with Crippen LogP contribution in [0.15, 0.2) is 0 Å². The van der Waals surface area contributed by atoms with E-state index in [1.54, 1.807) is 0 Å². The monoisotopic (exact) mass is 198 g/mol. The summed E-state index contributed by atoms with van der Waals surface area (Å²) in [5, 5.41) is 0. The summed E-state index contributed by atoms with van der Waals surface area (Å²) in [6.07, 6.45) is 2.84. The van der Waals surface area contributed by atoms with E-state index >= 15 is 0 Å². The molecule has 2 saturated heterocycles. The first-order valence-electron chi connectivity index (χ1n) is 6.14. The topological polar surface area (TPSA) is 6.48 Å². The molecule has 0 spiro atoms. The van der Waals surface area contributed by atoms with E-state index < -0.39 is 0 Å². The van der Waals surface area contributed by atoms with Crippen molar-refractivity contribution in [3.05, 3.63) is 0 Å². The van der Waals surface area contributed by atoms with Crippen LogP contribution in [0.4, 0.5) is 0 Å². The predicted molar refractivity (Wildman–Crippen MR) is 62.6 cm³/mol. The van der Waals surface area contributed by atoms with Gasteiger partial charge in [0.2, 0.25) is 0 Å². The lowest BCUT2D eigenvalue weighted by Crippen LogP contribution is -2.53. The van der Waals surface area contributed by atoms with Gasteiger partial charge in [0.25, 0.3) is 0 Å². The van der Waals surface area contributed by atoms with Gasteiger partial charge in [0.1, 0.15) is 0 Å². The fraction of sp³-hybridized carbons (Fsp3) is 1.00. The van der Waals surface area contributed by atoms with Crippen molar-refractivity contribution < 1.29 is 0 Å². The van der Waals surface area contributed by atoms with Gasteiger partial charge in [-0.25, -0.2) is 0 Å². The first-order chi connectivity index (χ1) is 6.68. The molecule has 0 unspecified atom stereocenters. The smallest absolute Gasteiger partial charge is 0.0224 e. The molecule has 2 nitrogen and oxygen atoms in total. The third-order valence-corrected chi connectivity index (χ3v) is 3.61. The highest BCUT2D eigenvalue weighted by Crippen LogP contribution is 2.28. The number of piperazine rings is 1. The Morgan fingerprint density at radius 3 is 1.79 bits per heavy atom. The van der Waals surface area contributed by atoms with Gasteiger partial charge >= 0.3 is 0 Å². The van der Waals surface area contributed by atoms with E-state index in [0.717, 1.165) is 18.1 Å². The zero-order valence-corrected chi connectivity index (χ0v) is 10.5. The molecule has 2 bridgehead atoms. The van der Waals surface area contributed by atoms with Crippen molar-refractivity contribution in [3.63, 3.8) is 0 Å². The first kappa shape index (κ1) is 12.0. The molecule has 84 valence electrons. The third kappa shape index (κ3) is 2.29. The molecule has 2 heteroatoms. The van der Waals surface area contributed by atoms with Crippen LogP contribution in [0.3, 0.4) is 0 Å². The number of likely N-dealkylation sites (tertiary alicyclic amines) is 1. The van der Waals surface area contributed by atoms with Gasteiger partial charge in [-0.15, -0.1) is 0 Å². The fourth-order valence-electron chi connectivity index (χ4n) is 2.57. The molecule has 0 N–H and O–H groups in total. The number of hydrogen-bond acceptors (Lipinski definition) is 2. The maximum absolute atomic E-state index is 2.63. The SMILES string of the molecule is CC.CC(C)N1C[C@H]2CC[C@@H](C1)N2C. The number of rotatable bonds is 1. The molecule has 2 aliphatic rings. The van der Waals surface area contributed by atoms with Gasteiger partial charge in [0.05, 0.1) is 0 Å². The molecule has 2 atom stereocenters. The Morgan fingerprint density at radius 2 is 1.43 bits per heavy atom. The Kier molecular flexibility index (Phi) is 4.39. The van der Waals surface area contributed by atoms with Crippen molar-refractivity contribution in [2.24, 2.45) is 0 Å². The second kappa shape index (κ2) is 5.13. The maximum atomic E-state index is 2.63. The second-order valence-corrected chi connectivity index (χ2v) is 4.60. The predicted octanol–water partition coefficient (Wildman–Crippen LogP) is 2.20. The number of hydrogen-bond donors (Lipinski definition) is 0. The molecular formula is C12H26N2. The molecule has 2 fully saturated rings. The number of fused-ring (bicyclic) bond motifs is 2. The minimum Gasteiger partial charge on any atom is -0.298 e. The van der Waals surface area contributed by atoms with Crippen molar-refractivity contribution in [2.45, 2.75) is 58.7 Å². The Labute approximate surface area is 89.3 Å². The zero-order valence-electron chi connectivity index (χ0n) is 10.5. The van der Waals surface area contributed by atoms with Gasteiger partial charge in [-0.05, 0) is 33.7 Å². The molecule has 2 aliphatic heterocycles. The summed E-state index contributed by atoms with van der Waals surface area (Å²) in [7, 11) is 2.29. The van der Waals surface area contributed by atoms with Gasteiger partial charge in [-0.3, -0.25) is 9.80 Å². The molecule has 2 rings (SSSR count). The van der Waals surface area contributed by atoms with E-state index in [4.69, 9.17) is 0 Å². The van der Waals surface area contributed by atoms with Crippen molar-refractivity contribution in [1.29, 1.82) is 0 Å². The molecule has 0 aromatic rings. The van der Waals surface area contributed by atoms with E-state index in [2.05, 4.69) is 30.7 Å². The van der Waals surface area contributed by atoms with Crippen LogP contribution in [0.5, 0.6) is 0 Å². The van der Waals surface area contributed by atoms with E-state index in [0.29, 0.717) is 0 Å². The lowest BCUT2D eigenvalue weighted by Gasteiger charge is -2.40. The number of nitrogens with zero attached hydrogens (tertiary/aromatic N) is 2. The fourth-order valence-corrected chi connectivity index (χ4v) is 2.57.